The molecule has 0 N–H and O–H groups in total. The van der Waals surface area contributed by atoms with Crippen molar-refractivity contribution >= 4 is 30.4 Å². The molecule has 0 fully saturated rings. The summed E-state index contributed by atoms with van der Waals surface area (Å²) < 4.78 is 5.93. The lowest BCUT2D eigenvalue weighted by Gasteiger charge is -2.12. The molecule has 0 aliphatic rings. The lowest BCUT2D eigenvalue weighted by atomic mass is 10.0. The summed E-state index contributed by atoms with van der Waals surface area (Å²) in [6.45, 7) is 2.98. The SMILES string of the molecule is [B]CCCCSc1ccc(OCCCC)c2ccccc12. The number of benzene rings is 2. The van der Waals surface area contributed by atoms with E-state index in [1.54, 1.807) is 0 Å². The van der Waals surface area contributed by atoms with Gasteiger partial charge in [-0.1, -0.05) is 50.4 Å². The summed E-state index contributed by atoms with van der Waals surface area (Å²) in [4.78, 5) is 1.34. The third-order valence-electron chi connectivity index (χ3n) is 3.46. The predicted octanol–water partition coefficient (Wildman–Crippen LogP) is 5.48. The number of rotatable bonds is 9. The van der Waals surface area contributed by atoms with Gasteiger partial charge in [-0.3, -0.25) is 0 Å². The van der Waals surface area contributed by atoms with Gasteiger partial charge in [-0.05, 0) is 36.1 Å². The predicted molar refractivity (Wildman–Crippen MR) is 94.9 cm³/mol. The Labute approximate surface area is 133 Å². The molecule has 1 nitrogen and oxygen atoms in total. The fraction of sp³-hybridized carbons (Fsp3) is 0.444. The largest absolute Gasteiger partial charge is 0.493 e. The van der Waals surface area contributed by atoms with Gasteiger partial charge in [-0.2, -0.15) is 0 Å². The lowest BCUT2D eigenvalue weighted by molar-refractivity contribution is 0.313. The molecule has 3 heteroatoms. The van der Waals surface area contributed by atoms with Crippen LogP contribution in [0.1, 0.15) is 32.6 Å². The first-order valence-corrected chi connectivity index (χ1v) is 8.82. The smallest absolute Gasteiger partial charge is 0.127 e. The Morgan fingerprint density at radius 3 is 2.57 bits per heavy atom. The average molecular weight is 298 g/mol. The second kappa shape index (κ2) is 9.04. The Bertz CT molecular complexity index is 556. The first-order valence-electron chi connectivity index (χ1n) is 7.84. The summed E-state index contributed by atoms with van der Waals surface area (Å²) >= 11 is 1.92. The van der Waals surface area contributed by atoms with E-state index in [1.807, 2.05) is 11.8 Å². The Morgan fingerprint density at radius 2 is 1.81 bits per heavy atom. The molecule has 0 atom stereocenters. The molecule has 0 aliphatic carbocycles. The van der Waals surface area contributed by atoms with Crippen molar-refractivity contribution in [1.82, 2.24) is 0 Å². The molecule has 0 amide bonds. The highest BCUT2D eigenvalue weighted by atomic mass is 32.2. The minimum Gasteiger partial charge on any atom is -0.493 e. The van der Waals surface area contributed by atoms with Crippen molar-refractivity contribution in [3.63, 3.8) is 0 Å². The molecular weight excluding hydrogens is 275 g/mol. The van der Waals surface area contributed by atoms with Crippen molar-refractivity contribution in [2.24, 2.45) is 0 Å². The molecule has 2 radical (unpaired) electrons. The van der Waals surface area contributed by atoms with E-state index >= 15 is 0 Å². The van der Waals surface area contributed by atoms with Crippen LogP contribution in [0.15, 0.2) is 41.3 Å². The number of hydrogen-bond donors (Lipinski definition) is 0. The Morgan fingerprint density at radius 1 is 1.00 bits per heavy atom. The van der Waals surface area contributed by atoms with Crippen LogP contribution in [-0.2, 0) is 0 Å². The quantitative estimate of drug-likeness (QED) is 0.344. The molecule has 21 heavy (non-hydrogen) atoms. The van der Waals surface area contributed by atoms with Gasteiger partial charge >= 0.3 is 0 Å². The molecule has 110 valence electrons. The molecule has 0 saturated heterocycles. The van der Waals surface area contributed by atoms with Crippen LogP contribution in [0.5, 0.6) is 5.75 Å². The summed E-state index contributed by atoms with van der Waals surface area (Å²) in [7, 11) is 5.55. The summed E-state index contributed by atoms with van der Waals surface area (Å²) in [6, 6.07) is 12.8. The van der Waals surface area contributed by atoms with Crippen LogP contribution < -0.4 is 4.74 Å². The minimum absolute atomic E-state index is 0.783. The monoisotopic (exact) mass is 298 g/mol. The van der Waals surface area contributed by atoms with E-state index in [4.69, 9.17) is 12.6 Å². The molecule has 0 heterocycles. The standard InChI is InChI=1S/C18H23BOS/c1-2-3-13-20-17-10-11-18(21-14-7-6-12-19)16-9-5-4-8-15(16)17/h4-5,8-11H,2-3,6-7,12-14H2,1H3. The molecule has 0 saturated carbocycles. The zero-order valence-corrected chi connectivity index (χ0v) is 13.6. The van der Waals surface area contributed by atoms with Crippen molar-refractivity contribution in [3.8, 4) is 5.75 Å². The van der Waals surface area contributed by atoms with Gasteiger partial charge < -0.3 is 4.74 Å². The van der Waals surface area contributed by atoms with Gasteiger partial charge in [0.25, 0.3) is 0 Å². The molecule has 2 rings (SSSR count). The fourth-order valence-electron chi connectivity index (χ4n) is 2.25. The van der Waals surface area contributed by atoms with Crippen LogP contribution in [0.2, 0.25) is 6.32 Å². The molecule has 2 aromatic carbocycles. The van der Waals surface area contributed by atoms with Gasteiger partial charge in [0, 0.05) is 10.3 Å². The second-order valence-electron chi connectivity index (χ2n) is 5.15. The van der Waals surface area contributed by atoms with Gasteiger partial charge in [0.15, 0.2) is 0 Å². The molecule has 2 aromatic rings. The van der Waals surface area contributed by atoms with Crippen LogP contribution in [0.4, 0.5) is 0 Å². The zero-order chi connectivity index (χ0) is 14.9. The summed E-state index contributed by atoms with van der Waals surface area (Å²) in [6.07, 6.45) is 5.32. The van der Waals surface area contributed by atoms with Gasteiger partial charge in [0.2, 0.25) is 0 Å². The zero-order valence-electron chi connectivity index (χ0n) is 12.8. The maximum absolute atomic E-state index is 5.93. The topological polar surface area (TPSA) is 9.23 Å². The second-order valence-corrected chi connectivity index (χ2v) is 6.29. The maximum atomic E-state index is 5.93. The number of fused-ring (bicyclic) bond motifs is 1. The van der Waals surface area contributed by atoms with Crippen molar-refractivity contribution < 1.29 is 4.74 Å². The van der Waals surface area contributed by atoms with E-state index in [2.05, 4.69) is 43.3 Å². The number of ether oxygens (including phenoxy) is 1. The van der Waals surface area contributed by atoms with Crippen LogP contribution in [0.3, 0.4) is 0 Å². The number of thioether (sulfide) groups is 1. The summed E-state index contributed by atoms with van der Waals surface area (Å²) in [5.41, 5.74) is 0. The summed E-state index contributed by atoms with van der Waals surface area (Å²) in [5.74, 6) is 2.13. The van der Waals surface area contributed by atoms with Crippen LogP contribution >= 0.6 is 11.8 Å². The Kier molecular flexibility index (Phi) is 7.01. The third-order valence-corrected chi connectivity index (χ3v) is 4.62. The average Bonchev–Trinajstić information content (AvgIpc) is 2.53. The van der Waals surface area contributed by atoms with Crippen LogP contribution in [-0.4, -0.2) is 20.2 Å². The van der Waals surface area contributed by atoms with E-state index in [9.17, 15) is 0 Å². The number of hydrogen-bond acceptors (Lipinski definition) is 2. The maximum Gasteiger partial charge on any atom is 0.127 e. The van der Waals surface area contributed by atoms with E-state index in [0.717, 1.165) is 43.7 Å². The van der Waals surface area contributed by atoms with Gasteiger partial charge in [-0.25, -0.2) is 0 Å². The Balaban J connectivity index is 2.14. The first-order chi connectivity index (χ1) is 10.4. The lowest BCUT2D eigenvalue weighted by Crippen LogP contribution is -1.97. The van der Waals surface area contributed by atoms with Crippen LogP contribution in [0, 0.1) is 0 Å². The number of unbranched alkanes of at least 4 members (excludes halogenated alkanes) is 2. The summed E-state index contributed by atoms with van der Waals surface area (Å²) in [5, 5.41) is 2.52. The molecule has 0 bridgehead atoms. The van der Waals surface area contributed by atoms with Crippen LogP contribution in [0.25, 0.3) is 10.8 Å². The van der Waals surface area contributed by atoms with Crippen molar-refractivity contribution in [1.29, 1.82) is 0 Å². The fourth-order valence-corrected chi connectivity index (χ4v) is 3.32. The highest BCUT2D eigenvalue weighted by molar-refractivity contribution is 7.99. The van der Waals surface area contributed by atoms with Crippen molar-refractivity contribution in [3.05, 3.63) is 36.4 Å². The van der Waals surface area contributed by atoms with Crippen molar-refractivity contribution in [2.75, 3.05) is 12.4 Å². The van der Waals surface area contributed by atoms with E-state index in [0.29, 0.717) is 0 Å². The van der Waals surface area contributed by atoms with E-state index in [-0.39, 0.29) is 0 Å². The van der Waals surface area contributed by atoms with Gasteiger partial charge in [0.05, 0.1) is 14.5 Å². The molecule has 0 spiro atoms. The molecule has 0 aliphatic heterocycles. The first kappa shape index (κ1) is 16.3. The van der Waals surface area contributed by atoms with Crippen molar-refractivity contribution in [2.45, 2.75) is 43.8 Å². The molecular formula is C18H23BOS. The third kappa shape index (κ3) is 4.71. The normalized spacial score (nSPS) is 10.9. The molecule has 0 aromatic heterocycles. The van der Waals surface area contributed by atoms with Gasteiger partial charge in [-0.15, -0.1) is 11.8 Å². The minimum atomic E-state index is 0.783. The Hall–Kier alpha value is -1.09. The highest BCUT2D eigenvalue weighted by Crippen LogP contribution is 2.34. The molecule has 0 unspecified atom stereocenters. The van der Waals surface area contributed by atoms with E-state index in [1.165, 1.54) is 22.1 Å². The highest BCUT2D eigenvalue weighted by Gasteiger charge is 2.07. The van der Waals surface area contributed by atoms with Gasteiger partial charge in [0.1, 0.15) is 5.75 Å². The van der Waals surface area contributed by atoms with E-state index < -0.39 is 0 Å².